The van der Waals surface area contributed by atoms with Crippen molar-refractivity contribution >= 4 is 11.8 Å². The molecule has 2 atom stereocenters. The van der Waals surface area contributed by atoms with Gasteiger partial charge in [-0.3, -0.25) is 9.78 Å². The Morgan fingerprint density at radius 3 is 2.78 bits per heavy atom. The Morgan fingerprint density at radius 2 is 2.00 bits per heavy atom. The van der Waals surface area contributed by atoms with Gasteiger partial charge in [-0.1, -0.05) is 6.08 Å². The SMILES string of the molecule is O=C1NC2=CCCC(=O)[C@H]2[C@H](c2ccncc2)N1. The molecule has 92 valence electrons. The normalized spacial score (nSPS) is 26.8. The van der Waals surface area contributed by atoms with Crippen molar-refractivity contribution in [2.24, 2.45) is 5.92 Å². The number of pyridine rings is 1. The van der Waals surface area contributed by atoms with E-state index >= 15 is 0 Å². The van der Waals surface area contributed by atoms with Gasteiger partial charge in [-0.2, -0.15) is 0 Å². The highest BCUT2D eigenvalue weighted by atomic mass is 16.2. The minimum atomic E-state index is -0.293. The quantitative estimate of drug-likeness (QED) is 0.781. The molecule has 1 aromatic heterocycles. The molecule has 0 radical (unpaired) electrons. The van der Waals surface area contributed by atoms with Crippen LogP contribution in [0.4, 0.5) is 4.79 Å². The number of nitrogens with zero attached hydrogens (tertiary/aromatic N) is 1. The molecular formula is C13H13N3O2. The third-order valence-corrected chi connectivity index (χ3v) is 3.38. The molecule has 0 saturated carbocycles. The summed E-state index contributed by atoms with van der Waals surface area (Å²) in [5, 5.41) is 5.55. The minimum absolute atomic E-state index is 0.168. The number of hydrogen-bond donors (Lipinski definition) is 2. The number of Topliss-reactive ketones (excluding diaryl/α,β-unsaturated/α-hetero) is 1. The van der Waals surface area contributed by atoms with Crippen LogP contribution in [0.1, 0.15) is 24.4 Å². The summed E-state index contributed by atoms with van der Waals surface area (Å²) < 4.78 is 0. The third-order valence-electron chi connectivity index (χ3n) is 3.38. The number of allylic oxidation sites excluding steroid dienone is 1. The van der Waals surface area contributed by atoms with Gasteiger partial charge in [0, 0.05) is 24.5 Å². The van der Waals surface area contributed by atoms with E-state index in [1.165, 1.54) is 0 Å². The van der Waals surface area contributed by atoms with Crippen LogP contribution in [0, 0.1) is 5.92 Å². The molecule has 3 rings (SSSR count). The van der Waals surface area contributed by atoms with E-state index in [0.29, 0.717) is 12.8 Å². The second-order valence-electron chi connectivity index (χ2n) is 4.50. The smallest absolute Gasteiger partial charge is 0.319 e. The van der Waals surface area contributed by atoms with E-state index < -0.39 is 0 Å². The van der Waals surface area contributed by atoms with Crippen molar-refractivity contribution in [2.45, 2.75) is 18.9 Å². The van der Waals surface area contributed by atoms with Gasteiger partial charge in [0.25, 0.3) is 0 Å². The number of aromatic nitrogens is 1. The van der Waals surface area contributed by atoms with Crippen LogP contribution in [0.15, 0.2) is 36.3 Å². The van der Waals surface area contributed by atoms with Crippen LogP contribution < -0.4 is 10.6 Å². The third kappa shape index (κ3) is 1.77. The zero-order chi connectivity index (χ0) is 12.5. The average molecular weight is 243 g/mol. The summed E-state index contributed by atoms with van der Waals surface area (Å²) >= 11 is 0. The first-order chi connectivity index (χ1) is 8.75. The van der Waals surface area contributed by atoms with Crippen molar-refractivity contribution in [1.82, 2.24) is 15.6 Å². The molecule has 2 heterocycles. The number of nitrogens with one attached hydrogen (secondary N) is 2. The maximum atomic E-state index is 12.1. The van der Waals surface area contributed by atoms with Crippen molar-refractivity contribution in [3.05, 3.63) is 41.9 Å². The summed E-state index contributed by atoms with van der Waals surface area (Å²) in [7, 11) is 0. The van der Waals surface area contributed by atoms with Gasteiger partial charge in [-0.15, -0.1) is 0 Å². The Labute approximate surface area is 104 Å². The minimum Gasteiger partial charge on any atom is -0.330 e. The zero-order valence-electron chi connectivity index (χ0n) is 9.72. The molecular weight excluding hydrogens is 230 g/mol. The molecule has 1 aliphatic heterocycles. The molecule has 1 aliphatic carbocycles. The first-order valence-corrected chi connectivity index (χ1v) is 5.96. The highest BCUT2D eigenvalue weighted by Gasteiger charge is 2.39. The second-order valence-corrected chi connectivity index (χ2v) is 4.50. The Kier molecular flexibility index (Phi) is 2.59. The number of fused-ring (bicyclic) bond motifs is 1. The molecule has 2 N–H and O–H groups in total. The van der Waals surface area contributed by atoms with Gasteiger partial charge in [0.2, 0.25) is 0 Å². The lowest BCUT2D eigenvalue weighted by Crippen LogP contribution is -2.51. The Hall–Kier alpha value is -2.17. The molecule has 0 aromatic carbocycles. The number of carbonyl (C=O) groups is 2. The van der Waals surface area contributed by atoms with Gasteiger partial charge in [-0.25, -0.2) is 4.79 Å². The average Bonchev–Trinajstić information content (AvgIpc) is 2.39. The Bertz CT molecular complexity index is 524. The van der Waals surface area contributed by atoms with Crippen LogP contribution in [0.3, 0.4) is 0 Å². The van der Waals surface area contributed by atoms with Crippen LogP contribution in [0.25, 0.3) is 0 Å². The Morgan fingerprint density at radius 1 is 1.22 bits per heavy atom. The van der Waals surface area contributed by atoms with Crippen LogP contribution in [-0.2, 0) is 4.79 Å². The fourth-order valence-corrected chi connectivity index (χ4v) is 2.56. The summed E-state index contributed by atoms with van der Waals surface area (Å²) in [6, 6.07) is 3.11. The van der Waals surface area contributed by atoms with Crippen molar-refractivity contribution < 1.29 is 9.59 Å². The van der Waals surface area contributed by atoms with Gasteiger partial charge in [-0.05, 0) is 24.1 Å². The molecule has 5 heteroatoms. The van der Waals surface area contributed by atoms with E-state index in [1.54, 1.807) is 12.4 Å². The lowest BCUT2D eigenvalue weighted by atomic mass is 9.81. The van der Waals surface area contributed by atoms with Crippen molar-refractivity contribution in [3.8, 4) is 0 Å². The van der Waals surface area contributed by atoms with Crippen LogP contribution in [0.2, 0.25) is 0 Å². The fourth-order valence-electron chi connectivity index (χ4n) is 2.56. The number of hydrogen-bond acceptors (Lipinski definition) is 3. The molecule has 1 saturated heterocycles. The van der Waals surface area contributed by atoms with Gasteiger partial charge >= 0.3 is 6.03 Å². The summed E-state index contributed by atoms with van der Waals surface area (Å²) in [5.41, 5.74) is 1.64. The monoisotopic (exact) mass is 243 g/mol. The van der Waals surface area contributed by atoms with Crippen molar-refractivity contribution in [1.29, 1.82) is 0 Å². The van der Waals surface area contributed by atoms with E-state index in [1.807, 2.05) is 18.2 Å². The first-order valence-electron chi connectivity index (χ1n) is 5.96. The maximum Gasteiger partial charge on any atom is 0.319 e. The highest BCUT2D eigenvalue weighted by Crippen LogP contribution is 2.34. The summed E-state index contributed by atoms with van der Waals surface area (Å²) in [4.78, 5) is 27.6. The topological polar surface area (TPSA) is 71.1 Å². The molecule has 2 amide bonds. The predicted octanol–water partition coefficient (Wildman–Crippen LogP) is 1.30. The summed E-state index contributed by atoms with van der Waals surface area (Å²) in [5.74, 6) is -0.124. The van der Waals surface area contributed by atoms with Gasteiger partial charge in [0.05, 0.1) is 12.0 Å². The molecule has 0 spiro atoms. The zero-order valence-corrected chi connectivity index (χ0v) is 9.72. The molecule has 18 heavy (non-hydrogen) atoms. The van der Waals surface area contributed by atoms with Crippen LogP contribution >= 0.6 is 0 Å². The maximum absolute atomic E-state index is 12.1. The summed E-state index contributed by atoms with van der Waals surface area (Å²) in [6.07, 6.45) is 6.51. The standard InChI is InChI=1S/C13H13N3O2/c17-10-3-1-2-9-11(10)12(16-13(18)15-9)8-4-6-14-7-5-8/h2,4-7,11-12H,1,3H2,(H2,15,16,18)/t11-,12-/m0/s1. The predicted molar refractivity (Wildman–Crippen MR) is 64.5 cm³/mol. The van der Waals surface area contributed by atoms with E-state index in [9.17, 15) is 9.59 Å². The van der Waals surface area contributed by atoms with Gasteiger partial charge < -0.3 is 10.6 Å². The second kappa shape index (κ2) is 4.25. The van der Waals surface area contributed by atoms with E-state index in [4.69, 9.17) is 0 Å². The van der Waals surface area contributed by atoms with E-state index in [0.717, 1.165) is 11.3 Å². The van der Waals surface area contributed by atoms with Gasteiger partial charge in [0.1, 0.15) is 5.78 Å². The number of amides is 2. The molecule has 0 unspecified atom stereocenters. The number of urea groups is 1. The van der Waals surface area contributed by atoms with Crippen LogP contribution in [0.5, 0.6) is 0 Å². The molecule has 0 bridgehead atoms. The fraction of sp³-hybridized carbons (Fsp3) is 0.308. The largest absolute Gasteiger partial charge is 0.330 e. The molecule has 1 aromatic rings. The van der Waals surface area contributed by atoms with E-state index in [-0.39, 0.29) is 23.8 Å². The van der Waals surface area contributed by atoms with Gasteiger partial charge in [0.15, 0.2) is 0 Å². The lowest BCUT2D eigenvalue weighted by molar-refractivity contribution is -0.123. The van der Waals surface area contributed by atoms with Crippen molar-refractivity contribution in [3.63, 3.8) is 0 Å². The number of rotatable bonds is 1. The molecule has 1 fully saturated rings. The lowest BCUT2D eigenvalue weighted by Gasteiger charge is -2.36. The highest BCUT2D eigenvalue weighted by molar-refractivity contribution is 5.90. The number of ketones is 1. The summed E-state index contributed by atoms with van der Waals surface area (Å²) in [6.45, 7) is 0. The Balaban J connectivity index is 2.01. The number of carbonyl (C=O) groups excluding carboxylic acids is 2. The molecule has 5 nitrogen and oxygen atoms in total. The van der Waals surface area contributed by atoms with Crippen molar-refractivity contribution in [2.75, 3.05) is 0 Å². The van der Waals surface area contributed by atoms with Crippen LogP contribution in [-0.4, -0.2) is 16.8 Å². The first kappa shape index (κ1) is 11.0. The molecule has 2 aliphatic rings. The van der Waals surface area contributed by atoms with E-state index in [2.05, 4.69) is 15.6 Å².